The van der Waals surface area contributed by atoms with Crippen molar-refractivity contribution in [1.29, 1.82) is 0 Å². The number of amides is 2. The Morgan fingerprint density at radius 3 is 2.97 bits per heavy atom. The molecule has 29 heavy (non-hydrogen) atoms. The minimum Gasteiger partial charge on any atom is -0.494 e. The van der Waals surface area contributed by atoms with Gasteiger partial charge in [0, 0.05) is 18.5 Å². The van der Waals surface area contributed by atoms with E-state index in [9.17, 15) is 9.59 Å². The number of nitrogens with zero attached hydrogens (tertiary/aromatic N) is 2. The van der Waals surface area contributed by atoms with Crippen molar-refractivity contribution < 1.29 is 14.3 Å². The Hall–Kier alpha value is -3.00. The fourth-order valence-electron chi connectivity index (χ4n) is 3.46. The second-order valence-corrected chi connectivity index (χ2v) is 7.79. The molecule has 1 aliphatic heterocycles. The van der Waals surface area contributed by atoms with Crippen LogP contribution in [0.2, 0.25) is 0 Å². The summed E-state index contributed by atoms with van der Waals surface area (Å²) in [4.78, 5) is 34.6. The summed E-state index contributed by atoms with van der Waals surface area (Å²) in [5, 5.41) is 3.55. The first kappa shape index (κ1) is 19.3. The van der Waals surface area contributed by atoms with Gasteiger partial charge >= 0.3 is 0 Å². The molecule has 8 heteroatoms. The number of para-hydroxylation sites is 2. The van der Waals surface area contributed by atoms with Gasteiger partial charge in [0.15, 0.2) is 5.16 Å². The van der Waals surface area contributed by atoms with Crippen molar-refractivity contribution in [3.05, 3.63) is 42.5 Å². The van der Waals surface area contributed by atoms with E-state index in [0.29, 0.717) is 17.5 Å². The van der Waals surface area contributed by atoms with E-state index >= 15 is 0 Å². The highest BCUT2D eigenvalue weighted by Gasteiger charge is 2.29. The van der Waals surface area contributed by atoms with E-state index in [4.69, 9.17) is 4.74 Å². The van der Waals surface area contributed by atoms with Gasteiger partial charge in [-0.2, -0.15) is 0 Å². The number of anilines is 2. The number of fused-ring (bicyclic) bond motifs is 2. The monoisotopic (exact) mass is 410 g/mol. The molecule has 0 saturated carbocycles. The summed E-state index contributed by atoms with van der Waals surface area (Å²) in [6, 6.07) is 12.8. The fourth-order valence-corrected chi connectivity index (χ4v) is 4.20. The minimum absolute atomic E-state index is 0.0677. The lowest BCUT2D eigenvalue weighted by atomic mass is 10.2. The molecule has 2 heterocycles. The van der Waals surface area contributed by atoms with Gasteiger partial charge in [-0.15, -0.1) is 0 Å². The van der Waals surface area contributed by atoms with Gasteiger partial charge in [-0.05, 0) is 38.1 Å². The van der Waals surface area contributed by atoms with Crippen LogP contribution in [0.3, 0.4) is 0 Å². The number of aromatic amines is 1. The highest BCUT2D eigenvalue weighted by atomic mass is 32.2. The summed E-state index contributed by atoms with van der Waals surface area (Å²) in [6.45, 7) is 4.43. The highest BCUT2D eigenvalue weighted by molar-refractivity contribution is 7.99. The molecule has 0 radical (unpaired) electrons. The van der Waals surface area contributed by atoms with Crippen LogP contribution in [-0.4, -0.2) is 40.2 Å². The molecular weight excluding hydrogens is 388 g/mol. The Morgan fingerprint density at radius 2 is 2.14 bits per heavy atom. The Kier molecular flexibility index (Phi) is 5.44. The lowest BCUT2D eigenvalue weighted by Crippen LogP contribution is -2.40. The molecule has 0 bridgehead atoms. The molecule has 7 nitrogen and oxygen atoms in total. The number of rotatable bonds is 5. The van der Waals surface area contributed by atoms with Crippen molar-refractivity contribution >= 4 is 46.0 Å². The molecule has 1 unspecified atom stereocenters. The Bertz CT molecular complexity index is 1070. The van der Waals surface area contributed by atoms with Gasteiger partial charge in [0.25, 0.3) is 0 Å². The zero-order chi connectivity index (χ0) is 20.4. The number of thioether (sulfide) groups is 1. The molecule has 0 spiro atoms. The molecule has 1 aliphatic rings. The number of aromatic nitrogens is 2. The summed E-state index contributed by atoms with van der Waals surface area (Å²) in [6.07, 6.45) is 0.260. The van der Waals surface area contributed by atoms with Gasteiger partial charge in [0.05, 0.1) is 34.8 Å². The second-order valence-electron chi connectivity index (χ2n) is 6.82. The predicted octanol–water partition coefficient (Wildman–Crippen LogP) is 3.82. The standard InChI is InChI=1S/C21H22N4O3S/c1-3-28-14-8-9-15-17(11-14)24-21(23-15)29-12-20(27)25-13(2)10-19(26)22-16-6-4-5-7-18(16)25/h4-9,11,13H,3,10,12H2,1-2H3,(H,22,26)(H,23,24). The van der Waals surface area contributed by atoms with Crippen LogP contribution in [0.4, 0.5) is 11.4 Å². The zero-order valence-electron chi connectivity index (χ0n) is 16.3. The Balaban J connectivity index is 1.52. The summed E-state index contributed by atoms with van der Waals surface area (Å²) in [5.74, 6) is 0.839. The molecule has 1 aromatic heterocycles. The molecule has 4 rings (SSSR count). The fraction of sp³-hybridized carbons (Fsp3) is 0.286. The lowest BCUT2D eigenvalue weighted by Gasteiger charge is -2.27. The van der Waals surface area contributed by atoms with Crippen LogP contribution in [-0.2, 0) is 9.59 Å². The van der Waals surface area contributed by atoms with Crippen LogP contribution >= 0.6 is 11.8 Å². The first-order valence-electron chi connectivity index (χ1n) is 9.51. The highest BCUT2D eigenvalue weighted by Crippen LogP contribution is 2.32. The van der Waals surface area contributed by atoms with Gasteiger partial charge in [0.2, 0.25) is 11.8 Å². The predicted molar refractivity (Wildman–Crippen MR) is 115 cm³/mol. The molecule has 0 aliphatic carbocycles. The maximum absolute atomic E-state index is 13.1. The van der Waals surface area contributed by atoms with Crippen LogP contribution in [0, 0.1) is 0 Å². The van der Waals surface area contributed by atoms with Crippen LogP contribution in [0.15, 0.2) is 47.6 Å². The summed E-state index contributed by atoms with van der Waals surface area (Å²) >= 11 is 1.35. The van der Waals surface area contributed by atoms with Gasteiger partial charge < -0.3 is 19.9 Å². The van der Waals surface area contributed by atoms with Crippen molar-refractivity contribution in [2.45, 2.75) is 31.5 Å². The van der Waals surface area contributed by atoms with E-state index in [-0.39, 0.29) is 30.0 Å². The van der Waals surface area contributed by atoms with Crippen LogP contribution in [0.1, 0.15) is 20.3 Å². The summed E-state index contributed by atoms with van der Waals surface area (Å²) in [5.41, 5.74) is 3.08. The number of hydrogen-bond donors (Lipinski definition) is 2. The molecule has 3 aromatic rings. The van der Waals surface area contributed by atoms with E-state index in [1.165, 1.54) is 11.8 Å². The number of carbonyl (C=O) groups excluding carboxylic acids is 2. The Labute approximate surface area is 172 Å². The molecule has 0 fully saturated rings. The van der Waals surface area contributed by atoms with E-state index in [0.717, 1.165) is 22.5 Å². The molecule has 1 atom stereocenters. The van der Waals surface area contributed by atoms with Crippen LogP contribution in [0.5, 0.6) is 5.75 Å². The smallest absolute Gasteiger partial charge is 0.237 e. The van der Waals surface area contributed by atoms with E-state index in [1.54, 1.807) is 4.90 Å². The Morgan fingerprint density at radius 1 is 1.31 bits per heavy atom. The van der Waals surface area contributed by atoms with Crippen molar-refractivity contribution in [2.75, 3.05) is 22.6 Å². The first-order valence-corrected chi connectivity index (χ1v) is 10.5. The number of nitrogens with one attached hydrogen (secondary N) is 2. The van der Waals surface area contributed by atoms with Crippen LogP contribution in [0.25, 0.3) is 11.0 Å². The third-order valence-corrected chi connectivity index (χ3v) is 5.56. The first-order chi connectivity index (χ1) is 14.0. The molecule has 2 amide bonds. The van der Waals surface area contributed by atoms with Crippen molar-refractivity contribution in [2.24, 2.45) is 0 Å². The summed E-state index contributed by atoms with van der Waals surface area (Å²) < 4.78 is 5.52. The number of carbonyl (C=O) groups is 2. The average molecular weight is 410 g/mol. The molecule has 150 valence electrons. The van der Waals surface area contributed by atoms with Gasteiger partial charge in [0.1, 0.15) is 5.75 Å². The van der Waals surface area contributed by atoms with Crippen molar-refractivity contribution in [3.8, 4) is 5.75 Å². The van der Waals surface area contributed by atoms with E-state index in [2.05, 4.69) is 15.3 Å². The third-order valence-electron chi connectivity index (χ3n) is 4.70. The zero-order valence-corrected chi connectivity index (χ0v) is 17.1. The molecule has 2 N–H and O–H groups in total. The molecule has 0 saturated heterocycles. The lowest BCUT2D eigenvalue weighted by molar-refractivity contribution is -0.117. The molecular formula is C21H22N4O3S. The normalized spacial score (nSPS) is 16.3. The minimum atomic E-state index is -0.226. The quantitative estimate of drug-likeness (QED) is 0.625. The topological polar surface area (TPSA) is 87.3 Å². The third kappa shape index (κ3) is 4.07. The van der Waals surface area contributed by atoms with Gasteiger partial charge in [-0.25, -0.2) is 4.98 Å². The van der Waals surface area contributed by atoms with Crippen LogP contribution < -0.4 is 15.0 Å². The number of ether oxygens (including phenoxy) is 1. The largest absolute Gasteiger partial charge is 0.494 e. The maximum Gasteiger partial charge on any atom is 0.237 e. The van der Waals surface area contributed by atoms with Crippen molar-refractivity contribution in [1.82, 2.24) is 9.97 Å². The second kappa shape index (κ2) is 8.16. The maximum atomic E-state index is 13.1. The number of hydrogen-bond acceptors (Lipinski definition) is 5. The van der Waals surface area contributed by atoms with E-state index < -0.39 is 0 Å². The van der Waals surface area contributed by atoms with Gasteiger partial charge in [-0.1, -0.05) is 23.9 Å². The number of imidazole rings is 1. The SMILES string of the molecule is CCOc1ccc2nc(SCC(=O)N3c4ccccc4NC(=O)CC3C)[nH]c2c1. The molecule has 2 aromatic carbocycles. The van der Waals surface area contributed by atoms with Gasteiger partial charge in [-0.3, -0.25) is 9.59 Å². The van der Waals surface area contributed by atoms with Crippen molar-refractivity contribution in [3.63, 3.8) is 0 Å². The van der Waals surface area contributed by atoms with E-state index in [1.807, 2.05) is 56.3 Å². The number of H-pyrrole nitrogens is 1. The summed E-state index contributed by atoms with van der Waals surface area (Å²) in [7, 11) is 0. The average Bonchev–Trinajstić information content (AvgIpc) is 3.04. The number of benzene rings is 2.